The molecule has 1 aliphatic heterocycles. The zero-order valence-corrected chi connectivity index (χ0v) is 15.9. The standard InChI is InChI=1S/C15H20FN5O2S2/c1-9-14(24-10(2)18-9)13-12(16)8-17-15(20-13)19-11-4-6-21(7-5-11)25(3,22)23/h8,11H,4-7H2,1-3H3,(H,17,19,20). The lowest BCUT2D eigenvalue weighted by Crippen LogP contribution is -2.42. The van der Waals surface area contributed by atoms with Crippen molar-refractivity contribution < 1.29 is 12.8 Å². The van der Waals surface area contributed by atoms with Gasteiger partial charge in [-0.05, 0) is 26.7 Å². The van der Waals surface area contributed by atoms with E-state index in [9.17, 15) is 12.8 Å². The van der Waals surface area contributed by atoms with Gasteiger partial charge in [0, 0.05) is 19.1 Å². The topological polar surface area (TPSA) is 88.1 Å². The van der Waals surface area contributed by atoms with Crippen molar-refractivity contribution in [2.24, 2.45) is 0 Å². The van der Waals surface area contributed by atoms with Gasteiger partial charge < -0.3 is 5.32 Å². The van der Waals surface area contributed by atoms with Crippen LogP contribution in [0, 0.1) is 19.7 Å². The molecule has 0 amide bonds. The Hall–Kier alpha value is -1.65. The molecule has 0 aliphatic carbocycles. The summed E-state index contributed by atoms with van der Waals surface area (Å²) in [5.41, 5.74) is 0.988. The fourth-order valence-electron chi connectivity index (χ4n) is 2.86. The van der Waals surface area contributed by atoms with Crippen molar-refractivity contribution in [3.05, 3.63) is 22.7 Å². The summed E-state index contributed by atoms with van der Waals surface area (Å²) in [5.74, 6) is -0.135. The second-order valence-corrected chi connectivity index (χ2v) is 9.30. The predicted molar refractivity (Wildman–Crippen MR) is 95.6 cm³/mol. The largest absolute Gasteiger partial charge is 0.351 e. The molecule has 25 heavy (non-hydrogen) atoms. The highest BCUT2D eigenvalue weighted by atomic mass is 32.2. The molecule has 3 rings (SSSR count). The molecule has 1 saturated heterocycles. The quantitative estimate of drug-likeness (QED) is 0.868. The first-order chi connectivity index (χ1) is 11.7. The first-order valence-corrected chi connectivity index (χ1v) is 10.6. The molecular weight excluding hydrogens is 365 g/mol. The van der Waals surface area contributed by atoms with Crippen LogP contribution in [0.3, 0.4) is 0 Å². The van der Waals surface area contributed by atoms with E-state index in [-0.39, 0.29) is 11.7 Å². The van der Waals surface area contributed by atoms with E-state index in [4.69, 9.17) is 0 Å². The van der Waals surface area contributed by atoms with Crippen molar-refractivity contribution in [1.82, 2.24) is 19.3 Å². The number of halogens is 1. The third-order valence-electron chi connectivity index (χ3n) is 4.12. The van der Waals surface area contributed by atoms with Crippen molar-refractivity contribution in [3.63, 3.8) is 0 Å². The van der Waals surface area contributed by atoms with Gasteiger partial charge in [-0.2, -0.15) is 0 Å². The fraction of sp³-hybridized carbons (Fsp3) is 0.533. The van der Waals surface area contributed by atoms with Crippen molar-refractivity contribution in [1.29, 1.82) is 0 Å². The van der Waals surface area contributed by atoms with E-state index in [0.717, 1.165) is 16.9 Å². The smallest absolute Gasteiger partial charge is 0.223 e. The maximum Gasteiger partial charge on any atom is 0.223 e. The maximum atomic E-state index is 14.2. The van der Waals surface area contributed by atoms with Gasteiger partial charge in [0.1, 0.15) is 5.69 Å². The number of hydrogen-bond donors (Lipinski definition) is 1. The third-order valence-corrected chi connectivity index (χ3v) is 6.50. The highest BCUT2D eigenvalue weighted by molar-refractivity contribution is 7.88. The molecule has 0 saturated carbocycles. The number of hydrogen-bond acceptors (Lipinski definition) is 7. The van der Waals surface area contributed by atoms with Gasteiger partial charge in [-0.25, -0.2) is 32.1 Å². The minimum atomic E-state index is -3.15. The lowest BCUT2D eigenvalue weighted by Gasteiger charge is -2.30. The van der Waals surface area contributed by atoms with Gasteiger partial charge in [0.25, 0.3) is 0 Å². The minimum absolute atomic E-state index is 0.0561. The summed E-state index contributed by atoms with van der Waals surface area (Å²) in [5, 5.41) is 4.05. The molecule has 1 fully saturated rings. The van der Waals surface area contributed by atoms with Crippen LogP contribution in [-0.2, 0) is 10.0 Å². The number of nitrogens with one attached hydrogen (secondary N) is 1. The molecule has 3 heterocycles. The Morgan fingerprint density at radius 3 is 2.52 bits per heavy atom. The molecule has 0 radical (unpaired) electrons. The highest BCUT2D eigenvalue weighted by Crippen LogP contribution is 2.30. The molecule has 0 atom stereocenters. The third kappa shape index (κ3) is 4.13. The van der Waals surface area contributed by atoms with Crippen molar-refractivity contribution >= 4 is 27.3 Å². The number of sulfonamides is 1. The molecule has 1 N–H and O–H groups in total. The van der Waals surface area contributed by atoms with Crippen LogP contribution in [0.5, 0.6) is 0 Å². The van der Waals surface area contributed by atoms with Crippen LogP contribution in [-0.4, -0.2) is 53.1 Å². The van der Waals surface area contributed by atoms with Crippen LogP contribution >= 0.6 is 11.3 Å². The number of aryl methyl sites for hydroxylation is 2. The van der Waals surface area contributed by atoms with Crippen LogP contribution in [0.25, 0.3) is 10.6 Å². The summed E-state index contributed by atoms with van der Waals surface area (Å²) < 4.78 is 38.7. The summed E-state index contributed by atoms with van der Waals surface area (Å²) >= 11 is 1.40. The molecular formula is C15H20FN5O2S2. The molecule has 0 bridgehead atoms. The van der Waals surface area contributed by atoms with Crippen molar-refractivity contribution in [3.8, 4) is 10.6 Å². The molecule has 0 unspecified atom stereocenters. The number of rotatable bonds is 4. The average molecular weight is 385 g/mol. The SMILES string of the molecule is Cc1nc(C)c(-c2nc(NC3CCN(S(C)(=O)=O)CC3)ncc2F)s1. The molecule has 2 aromatic rings. The summed E-state index contributed by atoms with van der Waals surface area (Å²) in [4.78, 5) is 13.4. The van der Waals surface area contributed by atoms with E-state index in [2.05, 4.69) is 20.3 Å². The Kier molecular flexibility index (Phi) is 5.03. The van der Waals surface area contributed by atoms with Crippen molar-refractivity contribution in [2.75, 3.05) is 24.7 Å². The highest BCUT2D eigenvalue weighted by Gasteiger charge is 2.25. The summed E-state index contributed by atoms with van der Waals surface area (Å²) in [6, 6.07) is 0.0561. The van der Waals surface area contributed by atoms with Gasteiger partial charge in [-0.15, -0.1) is 11.3 Å². The van der Waals surface area contributed by atoms with Crippen molar-refractivity contribution in [2.45, 2.75) is 32.7 Å². The Labute approximate surface area is 150 Å². The summed E-state index contributed by atoms with van der Waals surface area (Å²) in [6.45, 7) is 4.61. The van der Waals surface area contributed by atoms with E-state index in [0.29, 0.717) is 36.8 Å². The minimum Gasteiger partial charge on any atom is -0.351 e. The van der Waals surface area contributed by atoms with E-state index in [1.165, 1.54) is 21.9 Å². The maximum absolute atomic E-state index is 14.2. The van der Waals surface area contributed by atoms with Crippen LogP contribution < -0.4 is 5.32 Å². The molecule has 1 aliphatic rings. The zero-order valence-electron chi connectivity index (χ0n) is 14.3. The number of piperidine rings is 1. The zero-order chi connectivity index (χ0) is 18.2. The molecule has 136 valence electrons. The van der Waals surface area contributed by atoms with Gasteiger partial charge in [-0.1, -0.05) is 0 Å². The van der Waals surface area contributed by atoms with Gasteiger partial charge in [-0.3, -0.25) is 0 Å². The first kappa shape index (κ1) is 18.2. The molecule has 7 nitrogen and oxygen atoms in total. The predicted octanol–water partition coefficient (Wildman–Crippen LogP) is 2.19. The number of anilines is 1. The first-order valence-electron chi connectivity index (χ1n) is 7.92. The van der Waals surface area contributed by atoms with Gasteiger partial charge in [0.05, 0.1) is 28.0 Å². The summed E-state index contributed by atoms with van der Waals surface area (Å²) in [7, 11) is -3.15. The molecule has 0 spiro atoms. The molecule has 10 heteroatoms. The Morgan fingerprint density at radius 1 is 1.28 bits per heavy atom. The average Bonchev–Trinajstić information content (AvgIpc) is 2.87. The molecule has 0 aromatic carbocycles. The second kappa shape index (κ2) is 6.93. The number of thiazole rings is 1. The van der Waals surface area contributed by atoms with E-state index in [1.807, 2.05) is 13.8 Å². The Morgan fingerprint density at radius 2 is 1.96 bits per heavy atom. The van der Waals surface area contributed by atoms with Crippen LogP contribution in [0.15, 0.2) is 6.20 Å². The van der Waals surface area contributed by atoms with Crippen LogP contribution in [0.4, 0.5) is 10.3 Å². The van der Waals surface area contributed by atoms with E-state index < -0.39 is 15.8 Å². The summed E-state index contributed by atoms with van der Waals surface area (Å²) in [6.07, 6.45) is 3.68. The van der Waals surface area contributed by atoms with Gasteiger partial charge >= 0.3 is 0 Å². The number of nitrogens with zero attached hydrogens (tertiary/aromatic N) is 4. The van der Waals surface area contributed by atoms with Gasteiger partial charge in [0.2, 0.25) is 16.0 Å². The second-order valence-electron chi connectivity index (χ2n) is 6.12. The fourth-order valence-corrected chi connectivity index (χ4v) is 4.65. The number of aromatic nitrogens is 3. The Balaban J connectivity index is 1.75. The Bertz CT molecular complexity index is 876. The molecule has 2 aromatic heterocycles. The lowest BCUT2D eigenvalue weighted by atomic mass is 10.1. The lowest BCUT2D eigenvalue weighted by molar-refractivity contribution is 0.331. The van der Waals surface area contributed by atoms with E-state index >= 15 is 0 Å². The van der Waals surface area contributed by atoms with Crippen LogP contribution in [0.2, 0.25) is 0 Å². The van der Waals surface area contributed by atoms with Gasteiger partial charge in [0.15, 0.2) is 5.82 Å². The normalized spacial score (nSPS) is 17.0. The van der Waals surface area contributed by atoms with E-state index in [1.54, 1.807) is 0 Å². The monoisotopic (exact) mass is 385 g/mol. The van der Waals surface area contributed by atoms with Crippen LogP contribution in [0.1, 0.15) is 23.5 Å².